The maximum atomic E-state index is 13.0. The second-order valence-electron chi connectivity index (χ2n) is 6.67. The predicted octanol–water partition coefficient (Wildman–Crippen LogP) is 2.75. The molecule has 1 aromatic rings. The lowest BCUT2D eigenvalue weighted by Gasteiger charge is -2.23. The van der Waals surface area contributed by atoms with E-state index >= 15 is 0 Å². The quantitative estimate of drug-likeness (QED) is 0.794. The fourth-order valence-electron chi connectivity index (χ4n) is 3.49. The molecule has 0 radical (unpaired) electrons. The molecule has 26 heavy (non-hydrogen) atoms. The molecule has 0 spiro atoms. The highest BCUT2D eigenvalue weighted by Gasteiger charge is 2.39. The maximum Gasteiger partial charge on any atom is 0.311 e. The second kappa shape index (κ2) is 8.03. The van der Waals surface area contributed by atoms with Gasteiger partial charge in [-0.3, -0.25) is 14.4 Å². The number of ether oxygens (including phenoxy) is 1. The molecule has 2 fully saturated rings. The van der Waals surface area contributed by atoms with Crippen LogP contribution in [0.25, 0.3) is 0 Å². The standard InChI is InChI=1S/C18H20ClFN2O4/c19-14-8-12(20)5-6-15(14)21-16(23)10-26-18(25)11-7-17(24)22(9-11)13-3-1-2-4-13/h5-6,8,11,13H,1-4,7,9-10H2,(H,21,23)/t11-/m0/s1. The van der Waals surface area contributed by atoms with Gasteiger partial charge in [0.25, 0.3) is 5.91 Å². The molecule has 2 aliphatic rings. The van der Waals surface area contributed by atoms with Crippen molar-refractivity contribution >= 4 is 35.1 Å². The molecular weight excluding hydrogens is 363 g/mol. The first-order valence-corrected chi connectivity index (χ1v) is 9.03. The van der Waals surface area contributed by atoms with E-state index in [1.54, 1.807) is 4.90 Å². The number of nitrogens with one attached hydrogen (secondary N) is 1. The first kappa shape index (κ1) is 18.6. The number of carbonyl (C=O) groups excluding carboxylic acids is 3. The average molecular weight is 383 g/mol. The minimum absolute atomic E-state index is 0.0265. The number of benzene rings is 1. The van der Waals surface area contributed by atoms with Gasteiger partial charge in [0.1, 0.15) is 5.82 Å². The van der Waals surface area contributed by atoms with E-state index in [9.17, 15) is 18.8 Å². The minimum atomic E-state index is -0.580. The Bertz CT molecular complexity index is 721. The molecule has 6 nitrogen and oxygen atoms in total. The van der Waals surface area contributed by atoms with Gasteiger partial charge in [0.05, 0.1) is 16.6 Å². The maximum absolute atomic E-state index is 13.0. The van der Waals surface area contributed by atoms with Crippen LogP contribution in [0.15, 0.2) is 18.2 Å². The molecule has 1 heterocycles. The van der Waals surface area contributed by atoms with Gasteiger partial charge >= 0.3 is 5.97 Å². The summed E-state index contributed by atoms with van der Waals surface area (Å²) < 4.78 is 18.0. The van der Waals surface area contributed by atoms with E-state index in [0.717, 1.165) is 37.8 Å². The Morgan fingerprint density at radius 2 is 2.04 bits per heavy atom. The largest absolute Gasteiger partial charge is 0.455 e. The molecular formula is C18H20ClFN2O4. The third-order valence-corrected chi connectivity index (χ3v) is 5.12. The van der Waals surface area contributed by atoms with Crippen molar-refractivity contribution in [2.45, 2.75) is 38.1 Å². The first-order chi connectivity index (χ1) is 12.4. The average Bonchev–Trinajstić information content (AvgIpc) is 3.24. The van der Waals surface area contributed by atoms with Gasteiger partial charge in [-0.25, -0.2) is 4.39 Å². The molecule has 1 N–H and O–H groups in total. The van der Waals surface area contributed by atoms with Gasteiger partial charge in [-0.05, 0) is 31.0 Å². The first-order valence-electron chi connectivity index (χ1n) is 8.65. The molecule has 0 unspecified atom stereocenters. The van der Waals surface area contributed by atoms with Crippen molar-refractivity contribution in [3.05, 3.63) is 29.0 Å². The van der Waals surface area contributed by atoms with Crippen LogP contribution in [0.5, 0.6) is 0 Å². The summed E-state index contributed by atoms with van der Waals surface area (Å²) in [6, 6.07) is 3.79. The Kier molecular flexibility index (Phi) is 5.76. The highest BCUT2D eigenvalue weighted by atomic mass is 35.5. The zero-order valence-corrected chi connectivity index (χ0v) is 14.9. The van der Waals surface area contributed by atoms with E-state index in [4.69, 9.17) is 16.3 Å². The number of anilines is 1. The van der Waals surface area contributed by atoms with Crippen LogP contribution < -0.4 is 5.32 Å². The fourth-order valence-corrected chi connectivity index (χ4v) is 3.70. The smallest absolute Gasteiger partial charge is 0.311 e. The Morgan fingerprint density at radius 3 is 2.73 bits per heavy atom. The molecule has 1 aromatic carbocycles. The van der Waals surface area contributed by atoms with Crippen LogP contribution in [-0.2, 0) is 19.1 Å². The van der Waals surface area contributed by atoms with Crippen molar-refractivity contribution < 1.29 is 23.5 Å². The van der Waals surface area contributed by atoms with Gasteiger partial charge in [0.2, 0.25) is 5.91 Å². The van der Waals surface area contributed by atoms with Crippen LogP contribution in [-0.4, -0.2) is 41.9 Å². The summed E-state index contributed by atoms with van der Waals surface area (Å²) in [5.74, 6) is -2.22. The molecule has 140 valence electrons. The van der Waals surface area contributed by atoms with Gasteiger partial charge in [0, 0.05) is 19.0 Å². The summed E-state index contributed by atoms with van der Waals surface area (Å²) in [5.41, 5.74) is 0.234. The summed E-state index contributed by atoms with van der Waals surface area (Å²) in [6.07, 6.45) is 4.30. The van der Waals surface area contributed by atoms with E-state index in [1.165, 1.54) is 6.07 Å². The number of hydrogen-bond donors (Lipinski definition) is 1. The van der Waals surface area contributed by atoms with E-state index < -0.39 is 30.2 Å². The van der Waals surface area contributed by atoms with Crippen molar-refractivity contribution in [3.8, 4) is 0 Å². The van der Waals surface area contributed by atoms with Crippen molar-refractivity contribution in [2.24, 2.45) is 5.92 Å². The molecule has 1 atom stereocenters. The highest BCUT2D eigenvalue weighted by Crippen LogP contribution is 2.30. The SMILES string of the molecule is O=C(COC(=O)[C@H]1CC(=O)N(C2CCCC2)C1)Nc1ccc(F)cc1Cl. The number of amides is 2. The topological polar surface area (TPSA) is 75.7 Å². The molecule has 0 aromatic heterocycles. The summed E-state index contributed by atoms with van der Waals surface area (Å²) in [5, 5.41) is 2.51. The van der Waals surface area contributed by atoms with Crippen LogP contribution in [0.3, 0.4) is 0 Å². The molecule has 1 saturated carbocycles. The normalized spacial score (nSPS) is 20.5. The molecule has 8 heteroatoms. The molecule has 0 bridgehead atoms. The lowest BCUT2D eigenvalue weighted by Crippen LogP contribution is -2.35. The van der Waals surface area contributed by atoms with Crippen molar-refractivity contribution in [2.75, 3.05) is 18.5 Å². The lowest BCUT2D eigenvalue weighted by atomic mass is 10.1. The van der Waals surface area contributed by atoms with Crippen molar-refractivity contribution in [3.63, 3.8) is 0 Å². The number of esters is 1. The van der Waals surface area contributed by atoms with Crippen LogP contribution in [0.1, 0.15) is 32.1 Å². The highest BCUT2D eigenvalue weighted by molar-refractivity contribution is 6.33. The number of hydrogen-bond acceptors (Lipinski definition) is 4. The Morgan fingerprint density at radius 1 is 1.31 bits per heavy atom. The Hall–Kier alpha value is -2.15. The molecule has 2 amide bonds. The van der Waals surface area contributed by atoms with E-state index in [1.807, 2.05) is 0 Å². The monoisotopic (exact) mass is 382 g/mol. The molecule has 3 rings (SSSR count). The number of halogens is 2. The molecule has 1 aliphatic carbocycles. The van der Waals surface area contributed by atoms with Gasteiger partial charge in [-0.15, -0.1) is 0 Å². The minimum Gasteiger partial charge on any atom is -0.455 e. The number of rotatable bonds is 5. The summed E-state index contributed by atoms with van der Waals surface area (Å²) in [7, 11) is 0. The van der Waals surface area contributed by atoms with Crippen molar-refractivity contribution in [1.29, 1.82) is 0 Å². The number of likely N-dealkylation sites (tertiary alicyclic amines) is 1. The lowest BCUT2D eigenvalue weighted by molar-refractivity contribution is -0.151. The third kappa shape index (κ3) is 4.33. The Balaban J connectivity index is 1.47. The van der Waals surface area contributed by atoms with Crippen LogP contribution in [0.4, 0.5) is 10.1 Å². The Labute approximate surface area is 155 Å². The zero-order chi connectivity index (χ0) is 18.7. The van der Waals surface area contributed by atoms with E-state index in [0.29, 0.717) is 6.54 Å². The van der Waals surface area contributed by atoms with Crippen molar-refractivity contribution in [1.82, 2.24) is 4.90 Å². The zero-order valence-electron chi connectivity index (χ0n) is 14.2. The van der Waals surface area contributed by atoms with E-state index in [2.05, 4.69) is 5.32 Å². The van der Waals surface area contributed by atoms with Gasteiger partial charge in [-0.1, -0.05) is 24.4 Å². The van der Waals surface area contributed by atoms with Gasteiger partial charge in [0.15, 0.2) is 6.61 Å². The van der Waals surface area contributed by atoms with Crippen LogP contribution >= 0.6 is 11.6 Å². The third-order valence-electron chi connectivity index (χ3n) is 4.81. The van der Waals surface area contributed by atoms with E-state index in [-0.39, 0.29) is 29.1 Å². The summed E-state index contributed by atoms with van der Waals surface area (Å²) >= 11 is 5.83. The van der Waals surface area contributed by atoms with Crippen LogP contribution in [0.2, 0.25) is 5.02 Å². The number of carbonyl (C=O) groups is 3. The molecule has 1 saturated heterocycles. The summed E-state index contributed by atoms with van der Waals surface area (Å²) in [4.78, 5) is 37.9. The second-order valence-corrected chi connectivity index (χ2v) is 7.07. The van der Waals surface area contributed by atoms with Crippen LogP contribution in [0, 0.1) is 11.7 Å². The number of nitrogens with zero attached hydrogens (tertiary/aromatic N) is 1. The molecule has 1 aliphatic heterocycles. The van der Waals surface area contributed by atoms with Gasteiger partial charge in [-0.2, -0.15) is 0 Å². The predicted molar refractivity (Wildman–Crippen MR) is 93.1 cm³/mol. The fraction of sp³-hybridized carbons (Fsp3) is 0.500. The summed E-state index contributed by atoms with van der Waals surface area (Å²) in [6.45, 7) is -0.131. The van der Waals surface area contributed by atoms with Gasteiger partial charge < -0.3 is 15.0 Å².